The van der Waals surface area contributed by atoms with E-state index in [2.05, 4.69) is 15.4 Å². The summed E-state index contributed by atoms with van der Waals surface area (Å²) >= 11 is 0. The van der Waals surface area contributed by atoms with Crippen molar-refractivity contribution in [3.63, 3.8) is 0 Å². The maximum atomic E-state index is 11.9. The van der Waals surface area contributed by atoms with Crippen molar-refractivity contribution in [2.45, 2.75) is 26.7 Å². The summed E-state index contributed by atoms with van der Waals surface area (Å²) in [5.74, 6) is 0.579. The minimum atomic E-state index is -0.423. The Morgan fingerprint density at radius 2 is 2.12 bits per heavy atom. The molecule has 0 fully saturated rings. The summed E-state index contributed by atoms with van der Waals surface area (Å²) in [5.41, 5.74) is 3.41. The second-order valence-electron chi connectivity index (χ2n) is 6.11. The lowest BCUT2D eigenvalue weighted by Crippen LogP contribution is -2.01. The van der Waals surface area contributed by atoms with Gasteiger partial charge < -0.3 is 15.2 Å². The monoisotopic (exact) mass is 340 g/mol. The number of nitrogens with zero attached hydrogens (tertiary/aromatic N) is 3. The number of hydrogen-bond acceptors (Lipinski definition) is 6. The molecular formula is C18H20N4O3. The Kier molecular flexibility index (Phi) is 4.31. The molecule has 0 aliphatic heterocycles. The van der Waals surface area contributed by atoms with Crippen LogP contribution < -0.4 is 5.32 Å². The number of hydrogen-bond donors (Lipinski definition) is 2. The number of methoxy groups -OCH3 is 1. The van der Waals surface area contributed by atoms with E-state index in [1.807, 2.05) is 32.9 Å². The van der Waals surface area contributed by atoms with Gasteiger partial charge in [-0.2, -0.15) is 5.10 Å². The van der Waals surface area contributed by atoms with Crippen molar-refractivity contribution in [2.24, 2.45) is 0 Å². The molecule has 3 aromatic rings. The Bertz CT molecular complexity index is 947. The van der Waals surface area contributed by atoms with Crippen LogP contribution in [0, 0.1) is 6.92 Å². The molecule has 0 radical (unpaired) electrons. The number of phenols is 1. The number of anilines is 2. The van der Waals surface area contributed by atoms with E-state index < -0.39 is 5.97 Å². The zero-order chi connectivity index (χ0) is 18.1. The molecule has 2 heterocycles. The number of carbonyl (C=O) groups excluding carboxylic acids is 1. The molecule has 130 valence electrons. The predicted molar refractivity (Wildman–Crippen MR) is 94.5 cm³/mol. The van der Waals surface area contributed by atoms with Gasteiger partial charge in [0.05, 0.1) is 12.7 Å². The lowest BCUT2D eigenvalue weighted by atomic mass is 10.0. The third kappa shape index (κ3) is 3.00. The first kappa shape index (κ1) is 16.8. The number of aromatic hydroxyl groups is 1. The molecule has 0 bridgehead atoms. The zero-order valence-corrected chi connectivity index (χ0v) is 14.6. The third-order valence-electron chi connectivity index (χ3n) is 4.15. The molecule has 0 saturated heterocycles. The summed E-state index contributed by atoms with van der Waals surface area (Å²) in [6.45, 7) is 5.86. The third-order valence-corrected chi connectivity index (χ3v) is 4.15. The quantitative estimate of drug-likeness (QED) is 0.708. The van der Waals surface area contributed by atoms with Crippen LogP contribution in [-0.2, 0) is 4.74 Å². The second-order valence-corrected chi connectivity index (χ2v) is 6.11. The molecule has 0 atom stereocenters. The van der Waals surface area contributed by atoms with E-state index in [-0.39, 0.29) is 11.7 Å². The molecule has 1 aromatic carbocycles. The Morgan fingerprint density at radius 3 is 2.76 bits per heavy atom. The van der Waals surface area contributed by atoms with Crippen LogP contribution in [0.3, 0.4) is 0 Å². The average molecular weight is 340 g/mol. The summed E-state index contributed by atoms with van der Waals surface area (Å²) in [4.78, 5) is 16.2. The Balaban J connectivity index is 2.03. The lowest BCUT2D eigenvalue weighted by Gasteiger charge is -2.12. The van der Waals surface area contributed by atoms with Crippen LogP contribution in [0.4, 0.5) is 11.5 Å². The molecule has 2 N–H and O–H groups in total. The molecule has 0 amide bonds. The smallest absolute Gasteiger partial charge is 0.339 e. The summed E-state index contributed by atoms with van der Waals surface area (Å²) in [6.07, 6.45) is 3.01. The Labute approximate surface area is 145 Å². The van der Waals surface area contributed by atoms with Gasteiger partial charge in [-0.3, -0.25) is 0 Å². The Hall–Kier alpha value is -3.09. The van der Waals surface area contributed by atoms with Crippen LogP contribution in [0.15, 0.2) is 30.7 Å². The summed E-state index contributed by atoms with van der Waals surface area (Å²) in [5, 5.41) is 17.5. The van der Waals surface area contributed by atoms with E-state index in [0.717, 1.165) is 11.1 Å². The second kappa shape index (κ2) is 6.43. The predicted octanol–water partition coefficient (Wildman–Crippen LogP) is 3.40. The van der Waals surface area contributed by atoms with E-state index in [9.17, 15) is 9.90 Å². The first-order chi connectivity index (χ1) is 11.9. The van der Waals surface area contributed by atoms with Gasteiger partial charge in [-0.1, -0.05) is 19.9 Å². The minimum absolute atomic E-state index is 0.229. The highest BCUT2D eigenvalue weighted by Crippen LogP contribution is 2.31. The number of esters is 1. The lowest BCUT2D eigenvalue weighted by molar-refractivity contribution is 0.0600. The zero-order valence-electron chi connectivity index (χ0n) is 14.6. The van der Waals surface area contributed by atoms with Crippen LogP contribution in [0.5, 0.6) is 5.75 Å². The van der Waals surface area contributed by atoms with Gasteiger partial charge in [-0.05, 0) is 30.0 Å². The van der Waals surface area contributed by atoms with Gasteiger partial charge in [0.1, 0.15) is 17.6 Å². The minimum Gasteiger partial charge on any atom is -0.508 e. The first-order valence-electron chi connectivity index (χ1n) is 7.93. The maximum absolute atomic E-state index is 11.9. The molecule has 7 heteroatoms. The highest BCUT2D eigenvalue weighted by atomic mass is 16.5. The molecule has 0 saturated carbocycles. The number of aromatic nitrogens is 3. The topological polar surface area (TPSA) is 88.8 Å². The van der Waals surface area contributed by atoms with Gasteiger partial charge in [-0.15, -0.1) is 0 Å². The number of fused-ring (bicyclic) bond motifs is 1. The van der Waals surface area contributed by atoms with Crippen molar-refractivity contribution in [1.82, 2.24) is 14.6 Å². The number of phenolic OH excluding ortho intramolecular Hbond substituents is 1. The molecule has 0 spiro atoms. The molecule has 25 heavy (non-hydrogen) atoms. The molecule has 3 rings (SSSR count). The number of nitrogens with one attached hydrogen (secondary N) is 1. The van der Waals surface area contributed by atoms with Crippen molar-refractivity contribution < 1.29 is 14.6 Å². The number of rotatable bonds is 4. The van der Waals surface area contributed by atoms with E-state index >= 15 is 0 Å². The standard InChI is InChI=1S/C18H20N4O3/c1-10(2)13-6-5-12(7-15(13)23)21-17-16-11(3)14(18(24)25-4)8-22(16)20-9-19-17/h5-10,23H,1-4H3,(H,19,20,21). The van der Waals surface area contributed by atoms with Gasteiger partial charge in [0.2, 0.25) is 0 Å². The fourth-order valence-electron chi connectivity index (χ4n) is 2.81. The van der Waals surface area contributed by atoms with E-state index in [4.69, 9.17) is 4.74 Å². The van der Waals surface area contributed by atoms with Crippen LogP contribution in [0.25, 0.3) is 5.52 Å². The SMILES string of the molecule is COC(=O)c1cn2ncnc(Nc3ccc(C(C)C)c(O)c3)c2c1C. The van der Waals surface area contributed by atoms with Gasteiger partial charge in [0.25, 0.3) is 0 Å². The first-order valence-corrected chi connectivity index (χ1v) is 7.93. The summed E-state index contributed by atoms with van der Waals surface area (Å²) in [7, 11) is 1.34. The molecule has 0 aliphatic carbocycles. The molecule has 0 aliphatic rings. The molecule has 2 aromatic heterocycles. The Morgan fingerprint density at radius 1 is 1.36 bits per heavy atom. The van der Waals surface area contributed by atoms with Crippen molar-refractivity contribution in [3.05, 3.63) is 47.4 Å². The van der Waals surface area contributed by atoms with Gasteiger partial charge in [0, 0.05) is 18.0 Å². The van der Waals surface area contributed by atoms with Crippen molar-refractivity contribution in [2.75, 3.05) is 12.4 Å². The largest absolute Gasteiger partial charge is 0.508 e. The summed E-state index contributed by atoms with van der Waals surface area (Å²) in [6, 6.07) is 5.42. The number of ether oxygens (including phenoxy) is 1. The van der Waals surface area contributed by atoms with Gasteiger partial charge in [0.15, 0.2) is 5.82 Å². The van der Waals surface area contributed by atoms with Crippen LogP contribution >= 0.6 is 0 Å². The van der Waals surface area contributed by atoms with Crippen LogP contribution in [-0.4, -0.2) is 32.8 Å². The molecule has 7 nitrogen and oxygen atoms in total. The number of carbonyl (C=O) groups is 1. The normalized spacial score (nSPS) is 11.1. The van der Waals surface area contributed by atoms with E-state index in [1.165, 1.54) is 13.4 Å². The van der Waals surface area contributed by atoms with E-state index in [0.29, 0.717) is 22.6 Å². The van der Waals surface area contributed by atoms with Crippen LogP contribution in [0.1, 0.15) is 41.3 Å². The summed E-state index contributed by atoms with van der Waals surface area (Å²) < 4.78 is 6.38. The molecular weight excluding hydrogens is 320 g/mol. The van der Waals surface area contributed by atoms with Gasteiger partial charge >= 0.3 is 5.97 Å². The van der Waals surface area contributed by atoms with Crippen molar-refractivity contribution in [1.29, 1.82) is 0 Å². The highest BCUT2D eigenvalue weighted by molar-refractivity contribution is 5.95. The number of aryl methyl sites for hydroxylation is 1. The van der Waals surface area contributed by atoms with Gasteiger partial charge in [-0.25, -0.2) is 14.3 Å². The van der Waals surface area contributed by atoms with E-state index in [1.54, 1.807) is 16.8 Å². The van der Waals surface area contributed by atoms with Crippen molar-refractivity contribution in [3.8, 4) is 5.75 Å². The number of benzene rings is 1. The molecule has 0 unspecified atom stereocenters. The van der Waals surface area contributed by atoms with Crippen LogP contribution in [0.2, 0.25) is 0 Å². The van der Waals surface area contributed by atoms with Crippen molar-refractivity contribution >= 4 is 23.0 Å². The highest BCUT2D eigenvalue weighted by Gasteiger charge is 2.18. The fourth-order valence-corrected chi connectivity index (χ4v) is 2.81. The average Bonchev–Trinajstić information content (AvgIpc) is 2.92. The maximum Gasteiger partial charge on any atom is 0.339 e. The fraction of sp³-hybridized carbons (Fsp3) is 0.278.